The number of benzene rings is 2. The van der Waals surface area contributed by atoms with Crippen LogP contribution in [0.15, 0.2) is 46.9 Å². The molecule has 0 aliphatic carbocycles. The van der Waals surface area contributed by atoms with Gasteiger partial charge in [-0.3, -0.25) is 9.59 Å². The van der Waals surface area contributed by atoms with Crippen LogP contribution in [-0.2, 0) is 9.53 Å². The molecule has 0 N–H and O–H groups in total. The van der Waals surface area contributed by atoms with Gasteiger partial charge in [0.25, 0.3) is 0 Å². The van der Waals surface area contributed by atoms with E-state index in [1.165, 1.54) is 19.1 Å². The van der Waals surface area contributed by atoms with Crippen LogP contribution in [0, 0.1) is 5.82 Å². The largest absolute Gasteiger partial charge is 0.490 e. The Kier molecular flexibility index (Phi) is 7.64. The third kappa shape index (κ3) is 5.90. The van der Waals surface area contributed by atoms with E-state index in [4.69, 9.17) is 21.1 Å². The van der Waals surface area contributed by atoms with Gasteiger partial charge in [-0.25, -0.2) is 4.39 Å². The van der Waals surface area contributed by atoms with Gasteiger partial charge in [0.2, 0.25) is 5.91 Å². The number of nitrogens with zero attached hydrogens (tertiary/aromatic N) is 1. The molecule has 0 radical (unpaired) electrons. The zero-order chi connectivity index (χ0) is 21.7. The molecule has 1 saturated heterocycles. The Bertz CT molecular complexity index is 982. The van der Waals surface area contributed by atoms with E-state index in [1.54, 1.807) is 41.3 Å². The number of halogens is 3. The Morgan fingerprint density at radius 3 is 2.87 bits per heavy atom. The van der Waals surface area contributed by atoms with E-state index in [1.807, 2.05) is 0 Å². The number of carbonyl (C=O) groups is 2. The highest BCUT2D eigenvalue weighted by molar-refractivity contribution is 9.10. The van der Waals surface area contributed by atoms with Crippen molar-refractivity contribution in [1.29, 1.82) is 0 Å². The van der Waals surface area contributed by atoms with Crippen molar-refractivity contribution < 1.29 is 23.5 Å². The number of ketones is 1. The molecule has 2 aromatic rings. The van der Waals surface area contributed by atoms with Crippen LogP contribution >= 0.6 is 27.5 Å². The standard InChI is InChI=1S/C22H20BrClFNO4/c1-14(27)18-11-16(24)4-6-21(18)30-13-17-12-26(8-9-29-17)22(28)7-3-15-2-5-20(25)19(23)10-15/h2-7,10-11,17H,8-9,12-13H2,1H3/b7-3+. The lowest BCUT2D eigenvalue weighted by atomic mass is 10.1. The molecule has 1 aliphatic heterocycles. The normalized spacial score (nSPS) is 16.7. The van der Waals surface area contributed by atoms with Crippen LogP contribution in [0.3, 0.4) is 0 Å². The van der Waals surface area contributed by atoms with Crippen LogP contribution in [0.25, 0.3) is 6.08 Å². The highest BCUT2D eigenvalue weighted by Gasteiger charge is 2.24. The predicted molar refractivity (Wildman–Crippen MR) is 116 cm³/mol. The third-order valence-electron chi connectivity index (χ3n) is 4.56. The number of ether oxygens (including phenoxy) is 2. The third-order valence-corrected chi connectivity index (χ3v) is 5.40. The fourth-order valence-corrected chi connectivity index (χ4v) is 3.56. The van der Waals surface area contributed by atoms with Crippen molar-refractivity contribution >= 4 is 45.3 Å². The van der Waals surface area contributed by atoms with E-state index in [9.17, 15) is 14.0 Å². The van der Waals surface area contributed by atoms with E-state index in [-0.39, 0.29) is 30.2 Å². The smallest absolute Gasteiger partial charge is 0.246 e. The predicted octanol–water partition coefficient (Wildman–Crippen LogP) is 4.76. The van der Waals surface area contributed by atoms with Crippen LogP contribution in [0.1, 0.15) is 22.8 Å². The van der Waals surface area contributed by atoms with Crippen molar-refractivity contribution in [3.05, 3.63) is 68.9 Å². The lowest BCUT2D eigenvalue weighted by Gasteiger charge is -2.32. The van der Waals surface area contributed by atoms with E-state index < -0.39 is 0 Å². The minimum atomic E-state index is -0.358. The molecule has 1 amide bonds. The average molecular weight is 497 g/mol. The van der Waals surface area contributed by atoms with Crippen molar-refractivity contribution in [3.8, 4) is 5.75 Å². The maximum Gasteiger partial charge on any atom is 0.246 e. The van der Waals surface area contributed by atoms with E-state index in [0.29, 0.717) is 46.1 Å². The summed E-state index contributed by atoms with van der Waals surface area (Å²) in [7, 11) is 0. The van der Waals surface area contributed by atoms with Crippen LogP contribution in [-0.4, -0.2) is 49.0 Å². The number of amides is 1. The molecule has 1 atom stereocenters. The van der Waals surface area contributed by atoms with Gasteiger partial charge in [0.15, 0.2) is 5.78 Å². The second-order valence-electron chi connectivity index (χ2n) is 6.79. The van der Waals surface area contributed by atoms with Gasteiger partial charge in [0.1, 0.15) is 24.3 Å². The summed E-state index contributed by atoms with van der Waals surface area (Å²) in [6.45, 7) is 2.85. The quantitative estimate of drug-likeness (QED) is 0.427. The average Bonchev–Trinajstić information content (AvgIpc) is 2.73. The maximum atomic E-state index is 13.3. The first-order chi connectivity index (χ1) is 14.3. The number of carbonyl (C=O) groups excluding carboxylic acids is 2. The number of morpholine rings is 1. The molecule has 0 bridgehead atoms. The van der Waals surface area contributed by atoms with Gasteiger partial charge in [0.05, 0.1) is 23.2 Å². The molecular weight excluding hydrogens is 477 g/mol. The van der Waals surface area contributed by atoms with Crippen LogP contribution < -0.4 is 4.74 Å². The van der Waals surface area contributed by atoms with Gasteiger partial charge >= 0.3 is 0 Å². The van der Waals surface area contributed by atoms with E-state index in [0.717, 1.165) is 0 Å². The van der Waals surface area contributed by atoms with Crippen molar-refractivity contribution in [3.63, 3.8) is 0 Å². The Labute approximate surface area is 187 Å². The summed E-state index contributed by atoms with van der Waals surface area (Å²) in [6, 6.07) is 9.40. The summed E-state index contributed by atoms with van der Waals surface area (Å²) in [6.07, 6.45) is 2.77. The summed E-state index contributed by atoms with van der Waals surface area (Å²) in [4.78, 5) is 26.0. The molecule has 0 saturated carbocycles. The lowest BCUT2D eigenvalue weighted by Crippen LogP contribution is -2.47. The van der Waals surface area contributed by atoms with Crippen molar-refractivity contribution in [2.24, 2.45) is 0 Å². The molecule has 158 valence electrons. The molecule has 1 aliphatic rings. The zero-order valence-corrected chi connectivity index (χ0v) is 18.6. The first-order valence-corrected chi connectivity index (χ1v) is 10.5. The second-order valence-corrected chi connectivity index (χ2v) is 8.08. The fraction of sp³-hybridized carbons (Fsp3) is 0.273. The molecule has 2 aromatic carbocycles. The van der Waals surface area contributed by atoms with Crippen LogP contribution in [0.2, 0.25) is 5.02 Å². The van der Waals surface area contributed by atoms with Gasteiger partial charge in [-0.15, -0.1) is 0 Å². The first-order valence-electron chi connectivity index (χ1n) is 9.30. The van der Waals surface area contributed by atoms with Gasteiger partial charge in [0, 0.05) is 17.6 Å². The van der Waals surface area contributed by atoms with Crippen LogP contribution in [0.5, 0.6) is 5.75 Å². The minimum Gasteiger partial charge on any atom is -0.490 e. The number of rotatable bonds is 6. The number of hydrogen-bond donors (Lipinski definition) is 0. The lowest BCUT2D eigenvalue weighted by molar-refractivity contribution is -0.134. The monoisotopic (exact) mass is 495 g/mol. The number of hydrogen-bond acceptors (Lipinski definition) is 4. The number of Topliss-reactive ketones (excluding diaryl/α,β-unsaturated/α-hetero) is 1. The second kappa shape index (κ2) is 10.2. The highest BCUT2D eigenvalue weighted by atomic mass is 79.9. The van der Waals surface area contributed by atoms with Gasteiger partial charge in [-0.1, -0.05) is 17.7 Å². The summed E-state index contributed by atoms with van der Waals surface area (Å²) in [5.74, 6) is -0.241. The fourth-order valence-electron chi connectivity index (χ4n) is 3.00. The van der Waals surface area contributed by atoms with Crippen LogP contribution in [0.4, 0.5) is 4.39 Å². The molecule has 1 heterocycles. The topological polar surface area (TPSA) is 55.8 Å². The van der Waals surface area contributed by atoms with Gasteiger partial charge in [-0.2, -0.15) is 0 Å². The molecule has 0 spiro atoms. The van der Waals surface area contributed by atoms with Gasteiger partial charge < -0.3 is 14.4 Å². The Balaban J connectivity index is 1.58. The van der Waals surface area contributed by atoms with Gasteiger partial charge in [-0.05, 0) is 64.8 Å². The van der Waals surface area contributed by atoms with E-state index in [2.05, 4.69) is 15.9 Å². The molecule has 5 nitrogen and oxygen atoms in total. The highest BCUT2D eigenvalue weighted by Crippen LogP contribution is 2.24. The Morgan fingerprint density at radius 2 is 2.13 bits per heavy atom. The summed E-state index contributed by atoms with van der Waals surface area (Å²) < 4.78 is 25.1. The molecule has 0 aromatic heterocycles. The summed E-state index contributed by atoms with van der Waals surface area (Å²) in [5.41, 5.74) is 1.11. The molecular formula is C22H20BrClFNO4. The zero-order valence-electron chi connectivity index (χ0n) is 16.2. The minimum absolute atomic E-state index is 0.147. The molecule has 3 rings (SSSR count). The Morgan fingerprint density at radius 1 is 1.33 bits per heavy atom. The molecule has 8 heteroatoms. The van der Waals surface area contributed by atoms with E-state index >= 15 is 0 Å². The first kappa shape index (κ1) is 22.5. The maximum absolute atomic E-state index is 13.3. The summed E-state index contributed by atoms with van der Waals surface area (Å²) >= 11 is 9.08. The summed E-state index contributed by atoms with van der Waals surface area (Å²) in [5, 5.41) is 0.457. The SMILES string of the molecule is CC(=O)c1cc(Cl)ccc1OCC1CN(C(=O)/C=C/c2ccc(F)c(Br)c2)CCO1. The molecule has 30 heavy (non-hydrogen) atoms. The van der Waals surface area contributed by atoms with Crippen molar-refractivity contribution in [1.82, 2.24) is 4.90 Å². The Hall–Kier alpha value is -2.22. The molecule has 1 unspecified atom stereocenters. The van der Waals surface area contributed by atoms with Crippen molar-refractivity contribution in [2.45, 2.75) is 13.0 Å². The molecule has 1 fully saturated rings. The van der Waals surface area contributed by atoms with Crippen molar-refractivity contribution in [2.75, 3.05) is 26.3 Å².